The molecule has 2 aromatic carbocycles. The fourth-order valence-corrected chi connectivity index (χ4v) is 2.96. The molecule has 0 bridgehead atoms. The normalized spacial score (nSPS) is 11.1. The van der Waals surface area contributed by atoms with Crippen LogP contribution >= 0.6 is 0 Å². The topological polar surface area (TPSA) is 25.2 Å². The van der Waals surface area contributed by atoms with E-state index in [1.165, 1.54) is 27.8 Å². The molecule has 0 unspecified atom stereocenters. The van der Waals surface area contributed by atoms with Crippen LogP contribution in [0, 0.1) is 20.8 Å². The van der Waals surface area contributed by atoms with Crippen LogP contribution in [0.3, 0.4) is 0 Å². The Hall–Kier alpha value is -2.74. The predicted octanol–water partition coefficient (Wildman–Crippen LogP) is 5.42. The molecule has 0 spiro atoms. The molecule has 1 heterocycles. The van der Waals surface area contributed by atoms with E-state index in [1.807, 2.05) is 54.9 Å². The Kier molecular flexibility index (Phi) is 4.33. The van der Waals surface area contributed by atoms with E-state index >= 15 is 0 Å². The molecule has 0 atom stereocenters. The fourth-order valence-electron chi connectivity index (χ4n) is 2.96. The zero-order chi connectivity index (χ0) is 16.2. The van der Waals surface area contributed by atoms with Gasteiger partial charge in [-0.25, -0.2) is 0 Å². The minimum atomic E-state index is 0.964. The molecular weight excluding hydrogens is 280 g/mol. The summed E-state index contributed by atoms with van der Waals surface area (Å²) in [6.07, 6.45) is 3.80. The van der Waals surface area contributed by atoms with E-state index in [0.29, 0.717) is 0 Å². The maximum absolute atomic E-state index is 4.62. The monoisotopic (exact) mass is 300 g/mol. The molecule has 0 aliphatic rings. The van der Waals surface area contributed by atoms with Crippen molar-refractivity contribution in [3.05, 3.63) is 83.0 Å². The van der Waals surface area contributed by atoms with Gasteiger partial charge in [-0.05, 0) is 67.3 Å². The van der Waals surface area contributed by atoms with Crippen LogP contribution in [0.4, 0.5) is 5.69 Å². The number of aliphatic imine (C=N–C) groups is 1. The summed E-state index contributed by atoms with van der Waals surface area (Å²) < 4.78 is 0. The molecule has 3 aromatic rings. The molecule has 0 aliphatic carbocycles. The van der Waals surface area contributed by atoms with Crippen molar-refractivity contribution >= 4 is 11.9 Å². The van der Waals surface area contributed by atoms with Gasteiger partial charge in [0.15, 0.2) is 0 Å². The number of pyridine rings is 1. The van der Waals surface area contributed by atoms with Crippen molar-refractivity contribution in [2.45, 2.75) is 20.8 Å². The number of hydrogen-bond donors (Lipinski definition) is 0. The number of hydrogen-bond acceptors (Lipinski definition) is 2. The lowest BCUT2D eigenvalue weighted by Gasteiger charge is -2.14. The minimum Gasteiger partial charge on any atom is -0.256 e. The van der Waals surface area contributed by atoms with Gasteiger partial charge in [0.1, 0.15) is 0 Å². The third-order valence-corrected chi connectivity index (χ3v) is 4.05. The third-order valence-electron chi connectivity index (χ3n) is 4.05. The second-order valence-corrected chi connectivity index (χ2v) is 5.73. The SMILES string of the molecule is Cc1cc(C)c(-c2ccccn2)c(C)c1C=Nc1ccccc1. The Morgan fingerprint density at radius 3 is 2.30 bits per heavy atom. The van der Waals surface area contributed by atoms with E-state index in [1.54, 1.807) is 0 Å². The highest BCUT2D eigenvalue weighted by Crippen LogP contribution is 2.29. The first-order valence-electron chi connectivity index (χ1n) is 7.78. The van der Waals surface area contributed by atoms with Crippen molar-refractivity contribution in [1.82, 2.24) is 4.98 Å². The van der Waals surface area contributed by atoms with Gasteiger partial charge in [-0.2, -0.15) is 0 Å². The molecule has 0 aliphatic heterocycles. The molecule has 2 nitrogen and oxygen atoms in total. The Morgan fingerprint density at radius 2 is 1.61 bits per heavy atom. The zero-order valence-electron chi connectivity index (χ0n) is 13.7. The van der Waals surface area contributed by atoms with Crippen LogP contribution in [-0.4, -0.2) is 11.2 Å². The van der Waals surface area contributed by atoms with Crippen LogP contribution in [-0.2, 0) is 0 Å². The average molecular weight is 300 g/mol. The van der Waals surface area contributed by atoms with Gasteiger partial charge in [0.05, 0.1) is 11.4 Å². The zero-order valence-corrected chi connectivity index (χ0v) is 13.7. The Balaban J connectivity index is 2.10. The molecule has 0 radical (unpaired) electrons. The van der Waals surface area contributed by atoms with Crippen molar-refractivity contribution in [2.75, 3.05) is 0 Å². The van der Waals surface area contributed by atoms with Gasteiger partial charge in [0.25, 0.3) is 0 Å². The summed E-state index contributed by atoms with van der Waals surface area (Å²) in [6, 6.07) is 18.3. The van der Waals surface area contributed by atoms with Gasteiger partial charge in [-0.15, -0.1) is 0 Å². The van der Waals surface area contributed by atoms with E-state index in [4.69, 9.17) is 0 Å². The summed E-state index contributed by atoms with van der Waals surface area (Å²) in [4.78, 5) is 9.13. The highest BCUT2D eigenvalue weighted by molar-refractivity contribution is 5.89. The average Bonchev–Trinajstić information content (AvgIpc) is 2.56. The van der Waals surface area contributed by atoms with Crippen molar-refractivity contribution in [3.8, 4) is 11.3 Å². The van der Waals surface area contributed by atoms with Gasteiger partial charge >= 0.3 is 0 Å². The first kappa shape index (κ1) is 15.2. The van der Waals surface area contributed by atoms with Crippen molar-refractivity contribution in [2.24, 2.45) is 4.99 Å². The highest BCUT2D eigenvalue weighted by Gasteiger charge is 2.12. The number of para-hydroxylation sites is 1. The van der Waals surface area contributed by atoms with Crippen molar-refractivity contribution in [3.63, 3.8) is 0 Å². The van der Waals surface area contributed by atoms with E-state index in [-0.39, 0.29) is 0 Å². The number of aromatic nitrogens is 1. The molecule has 23 heavy (non-hydrogen) atoms. The van der Waals surface area contributed by atoms with Crippen LogP contribution in [0.25, 0.3) is 11.3 Å². The lowest BCUT2D eigenvalue weighted by Crippen LogP contribution is -1.99. The highest BCUT2D eigenvalue weighted by atomic mass is 14.7. The van der Waals surface area contributed by atoms with Crippen LogP contribution in [0.15, 0.2) is 65.8 Å². The number of nitrogens with zero attached hydrogens (tertiary/aromatic N) is 2. The van der Waals surface area contributed by atoms with Gasteiger partial charge < -0.3 is 0 Å². The second kappa shape index (κ2) is 6.57. The molecule has 3 rings (SSSR count). The Labute approximate surface area is 137 Å². The Bertz CT molecular complexity index is 835. The summed E-state index contributed by atoms with van der Waals surface area (Å²) >= 11 is 0. The molecule has 2 heteroatoms. The van der Waals surface area contributed by atoms with Crippen LogP contribution < -0.4 is 0 Å². The van der Waals surface area contributed by atoms with Crippen molar-refractivity contribution in [1.29, 1.82) is 0 Å². The molecule has 0 amide bonds. The molecule has 114 valence electrons. The van der Waals surface area contributed by atoms with Crippen molar-refractivity contribution < 1.29 is 0 Å². The molecule has 0 fully saturated rings. The van der Waals surface area contributed by atoms with Gasteiger partial charge in [-0.1, -0.05) is 30.3 Å². The largest absolute Gasteiger partial charge is 0.256 e. The fraction of sp³-hybridized carbons (Fsp3) is 0.143. The smallest absolute Gasteiger partial charge is 0.0707 e. The summed E-state index contributed by atoms with van der Waals surface area (Å²) in [7, 11) is 0. The van der Waals surface area contributed by atoms with Crippen LogP contribution in [0.1, 0.15) is 22.3 Å². The third kappa shape index (κ3) is 3.21. The summed E-state index contributed by atoms with van der Waals surface area (Å²) in [5.41, 5.74) is 8.05. The molecule has 0 saturated carbocycles. The molecule has 1 aromatic heterocycles. The lowest BCUT2D eigenvalue weighted by molar-refractivity contribution is 1.25. The van der Waals surface area contributed by atoms with Gasteiger partial charge in [0.2, 0.25) is 0 Å². The van der Waals surface area contributed by atoms with Crippen LogP contribution in [0.2, 0.25) is 0 Å². The van der Waals surface area contributed by atoms with E-state index < -0.39 is 0 Å². The quantitative estimate of drug-likeness (QED) is 0.592. The summed E-state index contributed by atoms with van der Waals surface area (Å²) in [5.74, 6) is 0. The predicted molar refractivity (Wildman–Crippen MR) is 97.6 cm³/mol. The number of rotatable bonds is 3. The first-order valence-corrected chi connectivity index (χ1v) is 7.78. The maximum atomic E-state index is 4.62. The molecule has 0 saturated heterocycles. The molecule has 0 N–H and O–H groups in total. The van der Waals surface area contributed by atoms with Gasteiger partial charge in [0, 0.05) is 18.0 Å². The van der Waals surface area contributed by atoms with E-state index in [9.17, 15) is 0 Å². The summed E-state index contributed by atoms with van der Waals surface area (Å²) in [6.45, 7) is 6.42. The van der Waals surface area contributed by atoms with Crippen LogP contribution in [0.5, 0.6) is 0 Å². The van der Waals surface area contributed by atoms with E-state index in [2.05, 4.69) is 42.9 Å². The molecular formula is C21H20N2. The van der Waals surface area contributed by atoms with E-state index in [0.717, 1.165) is 11.4 Å². The minimum absolute atomic E-state index is 0.964. The Morgan fingerprint density at radius 1 is 0.870 bits per heavy atom. The number of aryl methyl sites for hydroxylation is 2. The number of benzene rings is 2. The lowest BCUT2D eigenvalue weighted by atomic mass is 9.92. The maximum Gasteiger partial charge on any atom is 0.0707 e. The van der Waals surface area contributed by atoms with Gasteiger partial charge in [-0.3, -0.25) is 9.98 Å². The summed E-state index contributed by atoms with van der Waals surface area (Å²) in [5, 5.41) is 0. The first-order chi connectivity index (χ1) is 11.2. The second-order valence-electron chi connectivity index (χ2n) is 5.73. The standard InChI is InChI=1S/C21H20N2/c1-15-13-16(2)21(20-11-7-8-12-22-20)17(3)19(15)14-23-18-9-5-4-6-10-18/h4-14H,1-3H3.